The summed E-state index contributed by atoms with van der Waals surface area (Å²) in [6, 6.07) is 11.1. The molecule has 0 spiro atoms. The molecule has 0 aliphatic carbocycles. The highest BCUT2D eigenvalue weighted by Gasteiger charge is 2.23. The third-order valence-corrected chi connectivity index (χ3v) is 7.76. The van der Waals surface area contributed by atoms with Crippen LogP contribution in [0.1, 0.15) is 19.4 Å². The van der Waals surface area contributed by atoms with Crippen molar-refractivity contribution in [2.45, 2.75) is 31.2 Å². The zero-order valence-corrected chi connectivity index (χ0v) is 24.7. The van der Waals surface area contributed by atoms with Crippen molar-refractivity contribution in [2.24, 2.45) is 0 Å². The highest BCUT2D eigenvalue weighted by molar-refractivity contribution is 7.91. The number of rotatable bonds is 13. The van der Waals surface area contributed by atoms with E-state index in [4.69, 9.17) is 16.3 Å². The standard InChI is InChI=1S/C27H33ClN6O6S/c1-5-34(6-2)26-29-16-23(30-17-41(38,39)21-13-9-19(28)10-14-21)24(32-26)31-22(25(35)36)15-18-7-11-20(12-8-18)40-27(37)33(3)4/h7-14,16,22,30H,5-6,15,17H2,1-4H3,(H,35,36)(H,29,31,32). The fourth-order valence-corrected chi connectivity index (χ4v) is 4.84. The molecule has 14 heteroatoms. The van der Waals surface area contributed by atoms with E-state index in [1.165, 1.54) is 35.4 Å². The Labute approximate surface area is 244 Å². The molecule has 1 unspecified atom stereocenters. The second kappa shape index (κ2) is 14.0. The van der Waals surface area contributed by atoms with Gasteiger partial charge in [0, 0.05) is 38.6 Å². The Balaban J connectivity index is 1.85. The third kappa shape index (κ3) is 8.69. The molecule has 0 saturated heterocycles. The van der Waals surface area contributed by atoms with Gasteiger partial charge in [-0.05, 0) is 55.8 Å². The lowest BCUT2D eigenvalue weighted by atomic mass is 10.1. The average molecular weight is 605 g/mol. The first-order chi connectivity index (χ1) is 19.4. The van der Waals surface area contributed by atoms with Gasteiger partial charge in [-0.1, -0.05) is 23.7 Å². The summed E-state index contributed by atoms with van der Waals surface area (Å²) < 4.78 is 31.0. The second-order valence-corrected chi connectivity index (χ2v) is 11.6. The van der Waals surface area contributed by atoms with Crippen LogP contribution in [0, 0.1) is 0 Å². The van der Waals surface area contributed by atoms with E-state index < -0.39 is 33.8 Å². The zero-order chi connectivity index (χ0) is 30.2. The molecular formula is C27H33ClN6O6S. The average Bonchev–Trinajstić information content (AvgIpc) is 2.94. The lowest BCUT2D eigenvalue weighted by Crippen LogP contribution is -2.33. The fraction of sp³-hybridized carbons (Fsp3) is 0.333. The largest absolute Gasteiger partial charge is 0.480 e. The highest BCUT2D eigenvalue weighted by atomic mass is 35.5. The van der Waals surface area contributed by atoms with Crippen molar-refractivity contribution < 1.29 is 27.9 Å². The van der Waals surface area contributed by atoms with Gasteiger partial charge in [-0.15, -0.1) is 0 Å². The van der Waals surface area contributed by atoms with Gasteiger partial charge in [0.15, 0.2) is 15.7 Å². The highest BCUT2D eigenvalue weighted by Crippen LogP contribution is 2.25. The summed E-state index contributed by atoms with van der Waals surface area (Å²) in [6.45, 7) is 5.09. The Morgan fingerprint density at radius 2 is 1.68 bits per heavy atom. The minimum Gasteiger partial charge on any atom is -0.480 e. The molecule has 0 fully saturated rings. The lowest BCUT2D eigenvalue weighted by molar-refractivity contribution is -0.137. The smallest absolute Gasteiger partial charge is 0.414 e. The first kappa shape index (κ1) is 31.4. The maximum absolute atomic E-state index is 12.9. The summed E-state index contributed by atoms with van der Waals surface area (Å²) in [5, 5.41) is 16.2. The number of benzene rings is 2. The van der Waals surface area contributed by atoms with Crippen LogP contribution in [0.5, 0.6) is 5.75 Å². The SMILES string of the molecule is CCN(CC)c1ncc(NCS(=O)(=O)c2ccc(Cl)cc2)c(NC(Cc2ccc(OC(=O)N(C)C)cc2)C(=O)O)n1. The number of aromatic nitrogens is 2. The molecule has 1 atom stereocenters. The number of carboxylic acids is 1. The van der Waals surface area contributed by atoms with Gasteiger partial charge in [-0.25, -0.2) is 23.0 Å². The molecule has 1 heterocycles. The molecule has 3 N–H and O–H groups in total. The topological polar surface area (TPSA) is 154 Å². The summed E-state index contributed by atoms with van der Waals surface area (Å²) >= 11 is 5.88. The molecule has 0 saturated carbocycles. The normalized spacial score (nSPS) is 11.8. The first-order valence-corrected chi connectivity index (χ1v) is 14.8. The van der Waals surface area contributed by atoms with Crippen LogP contribution < -0.4 is 20.3 Å². The number of carbonyl (C=O) groups excluding carboxylic acids is 1. The van der Waals surface area contributed by atoms with Crippen LogP contribution >= 0.6 is 11.6 Å². The number of ether oxygens (including phenoxy) is 1. The summed E-state index contributed by atoms with van der Waals surface area (Å²) in [5.74, 6) is -0.810. The predicted molar refractivity (Wildman–Crippen MR) is 158 cm³/mol. The van der Waals surface area contributed by atoms with Crippen molar-refractivity contribution in [2.75, 3.05) is 48.6 Å². The van der Waals surface area contributed by atoms with Crippen LogP contribution in [0.15, 0.2) is 59.6 Å². The zero-order valence-electron chi connectivity index (χ0n) is 23.2. The summed E-state index contributed by atoms with van der Waals surface area (Å²) in [7, 11) is -0.629. The Kier molecular flexibility index (Phi) is 10.7. The van der Waals surface area contributed by atoms with Crippen molar-refractivity contribution >= 4 is 51.0 Å². The Hall–Kier alpha value is -4.10. The van der Waals surface area contributed by atoms with Crippen molar-refractivity contribution in [1.29, 1.82) is 0 Å². The van der Waals surface area contributed by atoms with E-state index in [2.05, 4.69) is 20.6 Å². The molecule has 1 aromatic heterocycles. The van der Waals surface area contributed by atoms with Gasteiger partial charge in [0.1, 0.15) is 17.7 Å². The van der Waals surface area contributed by atoms with Crippen LogP contribution in [0.25, 0.3) is 0 Å². The maximum atomic E-state index is 12.9. The van der Waals surface area contributed by atoms with Crippen molar-refractivity contribution in [1.82, 2.24) is 14.9 Å². The number of nitrogens with zero attached hydrogens (tertiary/aromatic N) is 4. The molecule has 3 aromatic rings. The Morgan fingerprint density at radius 3 is 2.24 bits per heavy atom. The van der Waals surface area contributed by atoms with Gasteiger partial charge >= 0.3 is 12.1 Å². The van der Waals surface area contributed by atoms with Crippen LogP contribution in [-0.2, 0) is 21.1 Å². The number of halogens is 1. The fourth-order valence-electron chi connectivity index (χ4n) is 3.66. The third-order valence-electron chi connectivity index (χ3n) is 5.99. The van der Waals surface area contributed by atoms with E-state index >= 15 is 0 Å². The Bertz CT molecular complexity index is 1450. The number of carbonyl (C=O) groups is 2. The van der Waals surface area contributed by atoms with E-state index in [1.54, 1.807) is 38.4 Å². The quantitative estimate of drug-likeness (QED) is 0.259. The molecule has 41 heavy (non-hydrogen) atoms. The van der Waals surface area contributed by atoms with E-state index in [-0.39, 0.29) is 22.8 Å². The molecule has 0 aliphatic rings. The number of hydrogen-bond acceptors (Lipinski definition) is 10. The van der Waals surface area contributed by atoms with E-state index in [1.807, 2.05) is 18.7 Å². The van der Waals surface area contributed by atoms with Crippen molar-refractivity contribution in [3.63, 3.8) is 0 Å². The van der Waals surface area contributed by atoms with Crippen molar-refractivity contribution in [3.05, 3.63) is 65.3 Å². The summed E-state index contributed by atoms with van der Waals surface area (Å²) in [5.41, 5.74) is 0.878. The number of aliphatic carboxylic acids is 1. The molecule has 3 rings (SSSR count). The van der Waals surface area contributed by atoms with Crippen LogP contribution in [-0.4, -0.2) is 79.6 Å². The molecule has 0 radical (unpaired) electrons. The second-order valence-electron chi connectivity index (χ2n) is 9.14. The first-order valence-electron chi connectivity index (χ1n) is 12.7. The van der Waals surface area contributed by atoms with Crippen LogP contribution in [0.3, 0.4) is 0 Å². The molecule has 0 bridgehead atoms. The van der Waals surface area contributed by atoms with Crippen molar-refractivity contribution in [3.8, 4) is 5.75 Å². The number of hydrogen-bond donors (Lipinski definition) is 3. The summed E-state index contributed by atoms with van der Waals surface area (Å²) in [6.07, 6.45) is 0.950. The summed E-state index contributed by atoms with van der Waals surface area (Å²) in [4.78, 5) is 36.2. The van der Waals surface area contributed by atoms with Crippen LogP contribution in [0.4, 0.5) is 22.2 Å². The molecule has 220 valence electrons. The van der Waals surface area contributed by atoms with Gasteiger partial charge in [0.25, 0.3) is 0 Å². The minimum atomic E-state index is -3.76. The maximum Gasteiger partial charge on any atom is 0.414 e. The lowest BCUT2D eigenvalue weighted by Gasteiger charge is -2.22. The Morgan fingerprint density at radius 1 is 1.05 bits per heavy atom. The number of anilines is 3. The van der Waals surface area contributed by atoms with E-state index in [0.717, 1.165) is 0 Å². The van der Waals surface area contributed by atoms with Gasteiger partial charge in [0.05, 0.1) is 16.8 Å². The molecule has 2 aromatic carbocycles. The van der Waals surface area contributed by atoms with E-state index in [9.17, 15) is 23.1 Å². The molecule has 0 aliphatic heterocycles. The number of sulfone groups is 1. The van der Waals surface area contributed by atoms with Gasteiger partial charge < -0.3 is 30.3 Å². The number of carboxylic acid groups (broad SMARTS) is 1. The predicted octanol–water partition coefficient (Wildman–Crippen LogP) is 3.99. The molecular weight excluding hydrogens is 572 g/mol. The van der Waals surface area contributed by atoms with Gasteiger partial charge in [-0.3, -0.25) is 0 Å². The number of nitrogens with one attached hydrogen (secondary N) is 2. The van der Waals surface area contributed by atoms with Crippen LogP contribution in [0.2, 0.25) is 5.02 Å². The molecule has 12 nitrogen and oxygen atoms in total. The monoisotopic (exact) mass is 604 g/mol. The number of amides is 1. The van der Waals surface area contributed by atoms with Gasteiger partial charge in [0.2, 0.25) is 5.95 Å². The van der Waals surface area contributed by atoms with E-state index in [0.29, 0.717) is 35.4 Å². The van der Waals surface area contributed by atoms with Gasteiger partial charge in [-0.2, -0.15) is 4.98 Å². The minimum absolute atomic E-state index is 0.0599. The molecule has 1 amide bonds.